The van der Waals surface area contributed by atoms with Crippen LogP contribution in [0.5, 0.6) is 0 Å². The van der Waals surface area contributed by atoms with Gasteiger partial charge in [0.2, 0.25) is 17.2 Å². The second-order valence-electron chi connectivity index (χ2n) is 9.25. The molecular formula is C25H31N6O3+. The average molecular weight is 464 g/mol. The topological polar surface area (TPSA) is 84.2 Å². The molecule has 0 unspecified atom stereocenters. The van der Waals surface area contributed by atoms with Crippen molar-refractivity contribution in [2.45, 2.75) is 6.42 Å². The number of fused-ring (bicyclic) bond motifs is 1. The highest BCUT2D eigenvalue weighted by atomic mass is 16.5. The predicted molar refractivity (Wildman–Crippen MR) is 131 cm³/mol. The number of hydrogen-bond acceptors (Lipinski definition) is 7. The zero-order valence-electron chi connectivity index (χ0n) is 20.2. The van der Waals surface area contributed by atoms with Gasteiger partial charge in [-0.2, -0.15) is 0 Å². The summed E-state index contributed by atoms with van der Waals surface area (Å²) in [6.07, 6.45) is 7.22. The minimum atomic E-state index is 0.0632. The number of anilines is 1. The molecule has 1 saturated carbocycles. The Hall–Kier alpha value is -3.26. The van der Waals surface area contributed by atoms with Crippen LogP contribution in [0.15, 0.2) is 35.2 Å². The fourth-order valence-electron chi connectivity index (χ4n) is 4.82. The van der Waals surface area contributed by atoms with Gasteiger partial charge in [0, 0.05) is 51.1 Å². The van der Waals surface area contributed by atoms with Crippen molar-refractivity contribution in [1.29, 1.82) is 0 Å². The number of aliphatic imine (C=N–C) groups is 1. The number of pyridine rings is 1. The Balaban J connectivity index is 1.30. The van der Waals surface area contributed by atoms with E-state index in [0.717, 1.165) is 61.3 Å². The molecule has 5 rings (SSSR count). The molecular weight excluding hydrogens is 432 g/mol. The first-order valence-electron chi connectivity index (χ1n) is 11.6. The van der Waals surface area contributed by atoms with Crippen LogP contribution in [0.1, 0.15) is 12.1 Å². The number of ether oxygens (including phenoxy) is 2. The van der Waals surface area contributed by atoms with Gasteiger partial charge < -0.3 is 29.2 Å². The second-order valence-corrected chi connectivity index (χ2v) is 9.25. The number of aromatic nitrogens is 2. The molecule has 1 amide bonds. The summed E-state index contributed by atoms with van der Waals surface area (Å²) in [6, 6.07) is 3.94. The molecule has 0 bridgehead atoms. The first-order valence-corrected chi connectivity index (χ1v) is 11.6. The molecule has 0 aromatic carbocycles. The molecule has 1 N–H and O–H groups in total. The van der Waals surface area contributed by atoms with Gasteiger partial charge in [-0.15, -0.1) is 0 Å². The van der Waals surface area contributed by atoms with Gasteiger partial charge in [-0.05, 0) is 36.5 Å². The number of aryl methyl sites for hydroxylation is 1. The largest absolute Gasteiger partial charge is 0.436 e. The van der Waals surface area contributed by atoms with E-state index < -0.39 is 0 Å². The molecule has 3 aliphatic rings. The number of nitrogens with one attached hydrogen (secondary N) is 1. The Morgan fingerprint density at radius 2 is 1.97 bits per heavy atom. The summed E-state index contributed by atoms with van der Waals surface area (Å²) >= 11 is 0. The second kappa shape index (κ2) is 9.18. The molecule has 2 aliphatic heterocycles. The maximum absolute atomic E-state index is 12.8. The van der Waals surface area contributed by atoms with Crippen LogP contribution in [0.4, 0.5) is 5.82 Å². The van der Waals surface area contributed by atoms with Crippen LogP contribution in [0.3, 0.4) is 0 Å². The maximum atomic E-state index is 12.8. The van der Waals surface area contributed by atoms with E-state index in [4.69, 9.17) is 9.47 Å². The Morgan fingerprint density at radius 3 is 2.71 bits per heavy atom. The van der Waals surface area contributed by atoms with Crippen molar-refractivity contribution in [3.8, 4) is 0 Å². The van der Waals surface area contributed by atoms with E-state index in [1.54, 1.807) is 26.5 Å². The zero-order chi connectivity index (χ0) is 23.8. The lowest BCUT2D eigenvalue weighted by atomic mass is 10.1. The Kier molecular flexibility index (Phi) is 6.08. The fourth-order valence-corrected chi connectivity index (χ4v) is 4.82. The molecule has 9 heteroatoms. The van der Waals surface area contributed by atoms with Gasteiger partial charge in [-0.1, -0.05) is 0 Å². The fraction of sp³-hybridized carbons (Fsp3) is 0.480. The summed E-state index contributed by atoms with van der Waals surface area (Å²) in [5.41, 5.74) is 2.56. The number of likely N-dealkylation sites (N-methyl/N-ethyl adjacent to an activating group) is 1. The number of carbonyl (C=O) groups excluding carboxylic acids is 1. The highest BCUT2D eigenvalue weighted by molar-refractivity contribution is 6.21. The van der Waals surface area contributed by atoms with E-state index in [0.29, 0.717) is 23.4 Å². The summed E-state index contributed by atoms with van der Waals surface area (Å²) in [5.74, 6) is 2.21. The zero-order valence-corrected chi connectivity index (χ0v) is 20.2. The molecule has 2 aromatic heterocycles. The van der Waals surface area contributed by atoms with Gasteiger partial charge in [0.25, 0.3) is 0 Å². The van der Waals surface area contributed by atoms with Crippen LogP contribution in [0, 0.1) is 18.0 Å². The number of nitrogens with zero attached hydrogens (tertiary/aromatic N) is 5. The summed E-state index contributed by atoms with van der Waals surface area (Å²) in [6.45, 7) is 5.37. The molecule has 0 spiro atoms. The highest BCUT2D eigenvalue weighted by Crippen LogP contribution is 2.40. The van der Waals surface area contributed by atoms with E-state index in [2.05, 4.69) is 38.3 Å². The van der Waals surface area contributed by atoms with Crippen LogP contribution in [-0.2, 0) is 21.3 Å². The first kappa shape index (κ1) is 22.5. The average Bonchev–Trinajstić information content (AvgIpc) is 3.55. The van der Waals surface area contributed by atoms with Gasteiger partial charge in [0.05, 0.1) is 31.6 Å². The number of allylic oxidation sites excluding steroid dienone is 1. The molecule has 0 radical (unpaired) electrons. The van der Waals surface area contributed by atoms with Gasteiger partial charge >= 0.3 is 5.90 Å². The van der Waals surface area contributed by atoms with Crippen molar-refractivity contribution in [2.24, 2.45) is 23.9 Å². The summed E-state index contributed by atoms with van der Waals surface area (Å²) < 4.78 is 13.0. The molecule has 1 saturated heterocycles. The lowest BCUT2D eigenvalue weighted by molar-refractivity contribution is -0.117. The summed E-state index contributed by atoms with van der Waals surface area (Å²) in [7, 11) is 7.30. The molecule has 2 aromatic rings. The van der Waals surface area contributed by atoms with Gasteiger partial charge in [-0.25, -0.2) is 4.98 Å². The van der Waals surface area contributed by atoms with E-state index in [9.17, 15) is 4.79 Å². The van der Waals surface area contributed by atoms with E-state index in [-0.39, 0.29) is 11.8 Å². The molecule has 2 fully saturated rings. The van der Waals surface area contributed by atoms with E-state index in [1.165, 1.54) is 0 Å². The number of hydrogen-bond donors (Lipinski definition) is 1. The monoisotopic (exact) mass is 463 g/mol. The van der Waals surface area contributed by atoms with Crippen molar-refractivity contribution in [1.82, 2.24) is 19.4 Å². The molecule has 9 nitrogen and oxygen atoms in total. The predicted octanol–water partition coefficient (Wildman–Crippen LogP) is 2.13. The minimum Gasteiger partial charge on any atom is -0.436 e. The maximum Gasteiger partial charge on any atom is 0.344 e. The lowest BCUT2D eigenvalue weighted by Crippen LogP contribution is -2.45. The molecule has 4 heterocycles. The number of piperazine rings is 1. The quantitative estimate of drug-likeness (QED) is 0.661. The van der Waals surface area contributed by atoms with Crippen molar-refractivity contribution in [3.63, 3.8) is 0 Å². The number of carbonyl (C=O) groups is 1. The lowest BCUT2D eigenvalue weighted by Gasteiger charge is -2.32. The first-order chi connectivity index (χ1) is 16.5. The standard InChI is InChI=1S/C25H30N6O3/c1-29-7-9-31(10-8-29)15-17-11-18(17)24(32)28-22-13-16-12-19(30(2)20(16)14-27-22)23-21(33-3)5-6-26-25(23)34-4/h5,12-14,17-18H,7-11,15H2,1-4H3/p+1/t17-,18+/m1/s1. The van der Waals surface area contributed by atoms with Crippen molar-refractivity contribution >= 4 is 34.1 Å². The molecule has 2 atom stereocenters. The number of methoxy groups -OCH3 is 2. The van der Waals surface area contributed by atoms with E-state index in [1.807, 2.05) is 23.7 Å². The third kappa shape index (κ3) is 4.30. The molecule has 34 heavy (non-hydrogen) atoms. The van der Waals surface area contributed by atoms with E-state index >= 15 is 0 Å². The van der Waals surface area contributed by atoms with Gasteiger partial charge in [-0.3, -0.25) is 4.79 Å². The summed E-state index contributed by atoms with van der Waals surface area (Å²) in [5, 5.41) is 3.99. The third-order valence-corrected chi connectivity index (χ3v) is 7.02. The normalized spacial score (nSPS) is 23.0. The number of amides is 1. The summed E-state index contributed by atoms with van der Waals surface area (Å²) in [4.78, 5) is 26.4. The van der Waals surface area contributed by atoms with Gasteiger partial charge in [0.15, 0.2) is 12.3 Å². The van der Waals surface area contributed by atoms with Crippen LogP contribution >= 0.6 is 0 Å². The van der Waals surface area contributed by atoms with Crippen LogP contribution in [-0.4, -0.2) is 85.1 Å². The Labute approximate surface area is 199 Å². The van der Waals surface area contributed by atoms with Crippen LogP contribution < -0.4 is 5.32 Å². The molecule has 1 aliphatic carbocycles. The minimum absolute atomic E-state index is 0.0632. The Bertz CT molecular complexity index is 1190. The SMILES string of the molecule is COC1=N[C+]=CC(OC)=C1c1cc2cc(NC(=O)[C@H]3C[C@@H]3CN3CCN(C)CC3)ncc2n1C. The van der Waals surface area contributed by atoms with Crippen LogP contribution in [0.2, 0.25) is 0 Å². The van der Waals surface area contributed by atoms with Crippen molar-refractivity contribution in [3.05, 3.63) is 42.1 Å². The smallest absolute Gasteiger partial charge is 0.344 e. The van der Waals surface area contributed by atoms with Gasteiger partial charge in [0.1, 0.15) is 5.82 Å². The van der Waals surface area contributed by atoms with Crippen molar-refractivity contribution in [2.75, 3.05) is 59.3 Å². The molecule has 178 valence electrons. The number of rotatable bonds is 6. The highest BCUT2D eigenvalue weighted by Gasteiger charge is 2.44. The third-order valence-electron chi connectivity index (χ3n) is 7.02. The van der Waals surface area contributed by atoms with Crippen molar-refractivity contribution < 1.29 is 14.3 Å². The van der Waals surface area contributed by atoms with Crippen LogP contribution in [0.25, 0.3) is 16.5 Å². The Morgan fingerprint density at radius 1 is 1.18 bits per heavy atom.